The third-order valence-corrected chi connectivity index (χ3v) is 5.01. The Morgan fingerprint density at radius 2 is 1.82 bits per heavy atom. The van der Waals surface area contributed by atoms with E-state index in [-0.39, 0.29) is 16.5 Å². The number of benzene rings is 2. The molecular weight excluding hydrogens is 382 g/mol. The molecule has 0 radical (unpaired) electrons. The average Bonchev–Trinajstić information content (AvgIpc) is 2.95. The Kier molecular flexibility index (Phi) is 5.12. The van der Waals surface area contributed by atoms with E-state index in [0.29, 0.717) is 22.6 Å². The quantitative estimate of drug-likeness (QED) is 0.380. The highest BCUT2D eigenvalue weighted by Crippen LogP contribution is 2.34. The van der Waals surface area contributed by atoms with Crippen LogP contribution in [0.3, 0.4) is 0 Å². The zero-order valence-electron chi connectivity index (χ0n) is 14.9. The van der Waals surface area contributed by atoms with Crippen LogP contribution in [0.25, 0.3) is 16.1 Å². The molecule has 1 heterocycles. The van der Waals surface area contributed by atoms with Crippen molar-refractivity contribution in [2.24, 2.45) is 14.7 Å². The van der Waals surface area contributed by atoms with E-state index >= 15 is 0 Å². The number of para-hydroxylation sites is 1. The molecule has 0 saturated carbocycles. The number of azide groups is 1. The second-order valence-electron chi connectivity index (χ2n) is 5.80. The standard InChI is InChI=1S/C17H15N7O3S/c1-11-10-14(28(26,27)23-22-18)8-9-15(11)19-20-16-12(2)21-24(17(16)25)13-6-4-3-5-7-13/h3-10,25H,1-2H3. The molecule has 0 spiro atoms. The fourth-order valence-corrected chi connectivity index (χ4v) is 3.23. The van der Waals surface area contributed by atoms with E-state index < -0.39 is 10.0 Å². The van der Waals surface area contributed by atoms with Gasteiger partial charge in [0, 0.05) is 9.43 Å². The number of aromatic hydroxyl groups is 1. The van der Waals surface area contributed by atoms with Crippen molar-refractivity contribution >= 4 is 21.4 Å². The van der Waals surface area contributed by atoms with Crippen LogP contribution < -0.4 is 0 Å². The van der Waals surface area contributed by atoms with Gasteiger partial charge in [0.15, 0.2) is 5.69 Å². The molecule has 10 nitrogen and oxygen atoms in total. The van der Waals surface area contributed by atoms with Crippen LogP contribution in [0.5, 0.6) is 5.88 Å². The van der Waals surface area contributed by atoms with E-state index in [1.807, 2.05) is 18.2 Å². The van der Waals surface area contributed by atoms with Gasteiger partial charge in [-0.15, -0.1) is 5.11 Å². The Labute approximate surface area is 160 Å². The molecule has 3 aromatic rings. The molecule has 0 fully saturated rings. The normalized spacial score (nSPS) is 11.5. The zero-order chi connectivity index (χ0) is 20.3. The fourth-order valence-electron chi connectivity index (χ4n) is 2.47. The molecule has 0 aliphatic carbocycles. The van der Waals surface area contributed by atoms with E-state index in [9.17, 15) is 13.5 Å². The minimum Gasteiger partial charge on any atom is -0.492 e. The molecule has 0 aliphatic heterocycles. The van der Waals surface area contributed by atoms with Crippen LogP contribution in [0.4, 0.5) is 11.4 Å². The van der Waals surface area contributed by atoms with Crippen molar-refractivity contribution in [1.29, 1.82) is 0 Å². The SMILES string of the molecule is Cc1cc(S(=O)(=O)N=[N+]=[N-])ccc1N=Nc1c(C)nn(-c2ccccc2)c1O. The molecule has 2 aromatic carbocycles. The number of hydrogen-bond acceptors (Lipinski definition) is 6. The number of nitrogens with zero attached hydrogens (tertiary/aromatic N) is 7. The third-order valence-electron chi connectivity index (χ3n) is 3.87. The van der Waals surface area contributed by atoms with Gasteiger partial charge in [-0.3, -0.25) is 0 Å². The summed E-state index contributed by atoms with van der Waals surface area (Å²) in [4.78, 5) is 2.18. The molecule has 0 saturated heterocycles. The van der Waals surface area contributed by atoms with Crippen molar-refractivity contribution in [3.05, 3.63) is 70.2 Å². The van der Waals surface area contributed by atoms with Gasteiger partial charge in [0.1, 0.15) is 0 Å². The maximum Gasteiger partial charge on any atom is 0.264 e. The van der Waals surface area contributed by atoms with Gasteiger partial charge in [-0.1, -0.05) is 18.2 Å². The highest BCUT2D eigenvalue weighted by Gasteiger charge is 2.16. The Bertz CT molecular complexity index is 1210. The Morgan fingerprint density at radius 3 is 2.46 bits per heavy atom. The van der Waals surface area contributed by atoms with Gasteiger partial charge < -0.3 is 5.11 Å². The summed E-state index contributed by atoms with van der Waals surface area (Å²) < 4.78 is 27.7. The maximum atomic E-state index is 11.8. The number of aryl methyl sites for hydroxylation is 2. The van der Waals surface area contributed by atoms with Crippen molar-refractivity contribution in [2.45, 2.75) is 18.7 Å². The summed E-state index contributed by atoms with van der Waals surface area (Å²) >= 11 is 0. The van der Waals surface area contributed by atoms with Gasteiger partial charge in [0.2, 0.25) is 5.88 Å². The van der Waals surface area contributed by atoms with Gasteiger partial charge in [-0.25, -0.2) is 8.42 Å². The van der Waals surface area contributed by atoms with Crippen molar-refractivity contribution in [3.8, 4) is 11.6 Å². The van der Waals surface area contributed by atoms with Crippen molar-refractivity contribution in [3.63, 3.8) is 0 Å². The van der Waals surface area contributed by atoms with Crippen LogP contribution in [0.1, 0.15) is 11.3 Å². The van der Waals surface area contributed by atoms with E-state index in [1.165, 1.54) is 22.9 Å². The molecular formula is C17H15N7O3S. The van der Waals surface area contributed by atoms with Crippen LogP contribution >= 0.6 is 0 Å². The summed E-state index contributed by atoms with van der Waals surface area (Å²) in [7, 11) is -4.07. The first-order chi connectivity index (χ1) is 13.3. The van der Waals surface area contributed by atoms with Gasteiger partial charge in [-0.05, 0) is 55.3 Å². The highest BCUT2D eigenvalue weighted by molar-refractivity contribution is 7.90. The minimum absolute atomic E-state index is 0.141. The second kappa shape index (κ2) is 7.51. The predicted molar refractivity (Wildman–Crippen MR) is 102 cm³/mol. The predicted octanol–water partition coefficient (Wildman–Crippen LogP) is 4.61. The van der Waals surface area contributed by atoms with Crippen LogP contribution in [-0.2, 0) is 10.0 Å². The lowest BCUT2D eigenvalue weighted by Gasteiger charge is -2.03. The number of hydrogen-bond donors (Lipinski definition) is 1. The van der Waals surface area contributed by atoms with Gasteiger partial charge in [0.05, 0.1) is 22.0 Å². The third kappa shape index (κ3) is 3.70. The van der Waals surface area contributed by atoms with E-state index in [1.54, 1.807) is 26.0 Å². The molecule has 28 heavy (non-hydrogen) atoms. The number of rotatable bonds is 5. The van der Waals surface area contributed by atoms with E-state index in [4.69, 9.17) is 5.53 Å². The lowest BCUT2D eigenvalue weighted by atomic mass is 10.2. The average molecular weight is 397 g/mol. The Balaban J connectivity index is 1.95. The summed E-state index contributed by atoms with van der Waals surface area (Å²) in [6.07, 6.45) is 0. The molecule has 0 amide bonds. The largest absolute Gasteiger partial charge is 0.492 e. The van der Waals surface area contributed by atoms with Crippen molar-refractivity contribution in [1.82, 2.24) is 9.78 Å². The molecule has 0 atom stereocenters. The summed E-state index contributed by atoms with van der Waals surface area (Å²) in [5.41, 5.74) is 10.6. The first kappa shape index (κ1) is 19.1. The second-order valence-corrected chi connectivity index (χ2v) is 7.38. The van der Waals surface area contributed by atoms with Gasteiger partial charge in [-0.2, -0.15) is 14.9 Å². The summed E-state index contributed by atoms with van der Waals surface area (Å²) in [5.74, 6) is -0.160. The monoisotopic (exact) mass is 397 g/mol. The smallest absolute Gasteiger partial charge is 0.264 e. The summed E-state index contributed by atoms with van der Waals surface area (Å²) in [6.45, 7) is 3.33. The highest BCUT2D eigenvalue weighted by atomic mass is 32.2. The summed E-state index contributed by atoms with van der Waals surface area (Å²) in [6, 6.07) is 13.1. The molecule has 11 heteroatoms. The van der Waals surface area contributed by atoms with Crippen LogP contribution in [0.15, 0.2) is 68.2 Å². The Hall–Kier alpha value is -3.69. The number of azo groups is 1. The van der Waals surface area contributed by atoms with Gasteiger partial charge >= 0.3 is 0 Å². The van der Waals surface area contributed by atoms with E-state index in [2.05, 4.69) is 24.8 Å². The molecule has 0 unspecified atom stereocenters. The molecule has 142 valence electrons. The number of sulfonamides is 1. The fraction of sp³-hybridized carbons (Fsp3) is 0.118. The minimum atomic E-state index is -4.07. The molecule has 1 aromatic heterocycles. The molecule has 3 rings (SSSR count). The van der Waals surface area contributed by atoms with Crippen molar-refractivity contribution in [2.75, 3.05) is 0 Å². The van der Waals surface area contributed by atoms with Crippen LogP contribution in [-0.4, -0.2) is 23.3 Å². The summed E-state index contributed by atoms with van der Waals surface area (Å²) in [5, 5.41) is 22.9. The van der Waals surface area contributed by atoms with E-state index in [0.717, 1.165) is 0 Å². The molecule has 0 bridgehead atoms. The van der Waals surface area contributed by atoms with Crippen molar-refractivity contribution < 1.29 is 13.5 Å². The Morgan fingerprint density at radius 1 is 1.11 bits per heavy atom. The lowest BCUT2D eigenvalue weighted by Crippen LogP contribution is -1.95. The van der Waals surface area contributed by atoms with Crippen LogP contribution in [0, 0.1) is 13.8 Å². The molecule has 0 aliphatic rings. The first-order valence-corrected chi connectivity index (χ1v) is 9.45. The zero-order valence-corrected chi connectivity index (χ0v) is 15.7. The topological polar surface area (TPSA) is 146 Å². The van der Waals surface area contributed by atoms with Gasteiger partial charge in [0.25, 0.3) is 10.0 Å². The first-order valence-electron chi connectivity index (χ1n) is 8.01. The number of aromatic nitrogens is 2. The molecule has 1 N–H and O–H groups in total. The lowest BCUT2D eigenvalue weighted by molar-refractivity contribution is 0.434. The van der Waals surface area contributed by atoms with Crippen LogP contribution in [0.2, 0.25) is 0 Å². The maximum absolute atomic E-state index is 11.8.